The van der Waals surface area contributed by atoms with Gasteiger partial charge in [0, 0.05) is 10.7 Å². The molecule has 0 atom stereocenters. The molecule has 1 heterocycles. The quantitative estimate of drug-likeness (QED) is 0.286. The van der Waals surface area contributed by atoms with Gasteiger partial charge < -0.3 is 10.9 Å². The zero-order valence-corrected chi connectivity index (χ0v) is 9.05. The van der Waals surface area contributed by atoms with Gasteiger partial charge in [0.2, 0.25) is 0 Å². The van der Waals surface area contributed by atoms with E-state index in [1.165, 1.54) is 11.8 Å². The topological polar surface area (TPSA) is 71.5 Å². The van der Waals surface area contributed by atoms with E-state index in [1.54, 1.807) is 6.20 Å². The van der Waals surface area contributed by atoms with Gasteiger partial charge in [-0.1, -0.05) is 16.9 Å². The van der Waals surface area contributed by atoms with Gasteiger partial charge >= 0.3 is 0 Å². The predicted molar refractivity (Wildman–Crippen MR) is 56.1 cm³/mol. The molecular formula is C7H8BrN3OS. The van der Waals surface area contributed by atoms with E-state index in [0.29, 0.717) is 5.75 Å². The maximum Gasteiger partial charge on any atom is 0.149 e. The van der Waals surface area contributed by atoms with E-state index in [0.717, 1.165) is 9.50 Å². The number of rotatable bonds is 3. The second kappa shape index (κ2) is 5.08. The Morgan fingerprint density at radius 2 is 2.54 bits per heavy atom. The molecule has 0 unspecified atom stereocenters. The highest BCUT2D eigenvalue weighted by atomic mass is 79.9. The molecule has 0 saturated carbocycles. The molecule has 0 aromatic carbocycles. The molecule has 13 heavy (non-hydrogen) atoms. The van der Waals surface area contributed by atoms with Crippen LogP contribution in [0.15, 0.2) is 33.0 Å². The summed E-state index contributed by atoms with van der Waals surface area (Å²) in [6.45, 7) is 0. The van der Waals surface area contributed by atoms with Crippen LogP contribution >= 0.6 is 27.7 Å². The number of thioether (sulfide) groups is 1. The van der Waals surface area contributed by atoms with Crippen LogP contribution < -0.4 is 5.73 Å². The summed E-state index contributed by atoms with van der Waals surface area (Å²) in [7, 11) is 0. The van der Waals surface area contributed by atoms with Crippen molar-refractivity contribution in [2.24, 2.45) is 10.9 Å². The number of aromatic nitrogens is 1. The van der Waals surface area contributed by atoms with Crippen LogP contribution in [-0.4, -0.2) is 21.8 Å². The Bertz CT molecular complexity index is 318. The minimum absolute atomic E-state index is 0.183. The molecule has 0 saturated heterocycles. The van der Waals surface area contributed by atoms with Gasteiger partial charge in [0.05, 0.1) is 5.75 Å². The van der Waals surface area contributed by atoms with Gasteiger partial charge in [0.25, 0.3) is 0 Å². The summed E-state index contributed by atoms with van der Waals surface area (Å²) in [5.41, 5.74) is 5.31. The molecule has 0 radical (unpaired) electrons. The first kappa shape index (κ1) is 10.3. The smallest absolute Gasteiger partial charge is 0.149 e. The summed E-state index contributed by atoms with van der Waals surface area (Å²) in [4.78, 5) is 4.11. The SMILES string of the molecule is NC(CSc1ncccc1Br)=NO. The highest BCUT2D eigenvalue weighted by Crippen LogP contribution is 2.23. The van der Waals surface area contributed by atoms with Gasteiger partial charge in [-0.15, -0.1) is 0 Å². The van der Waals surface area contributed by atoms with Gasteiger partial charge in [-0.05, 0) is 28.1 Å². The predicted octanol–water partition coefficient (Wildman–Crippen LogP) is 1.68. The van der Waals surface area contributed by atoms with E-state index in [4.69, 9.17) is 10.9 Å². The molecule has 0 bridgehead atoms. The minimum atomic E-state index is 0.183. The highest BCUT2D eigenvalue weighted by Gasteiger charge is 2.01. The largest absolute Gasteiger partial charge is 0.409 e. The zero-order valence-electron chi connectivity index (χ0n) is 6.64. The monoisotopic (exact) mass is 261 g/mol. The van der Waals surface area contributed by atoms with Crippen molar-refractivity contribution in [3.05, 3.63) is 22.8 Å². The van der Waals surface area contributed by atoms with E-state index in [-0.39, 0.29) is 5.84 Å². The Hall–Kier alpha value is -0.750. The van der Waals surface area contributed by atoms with Crippen molar-refractivity contribution in [3.8, 4) is 0 Å². The fourth-order valence-electron chi connectivity index (χ4n) is 0.649. The summed E-state index contributed by atoms with van der Waals surface area (Å²) in [5, 5.41) is 12.0. The molecule has 6 heteroatoms. The average molecular weight is 262 g/mol. The normalized spacial score (nSPS) is 11.6. The molecule has 0 spiro atoms. The first-order valence-corrected chi connectivity index (χ1v) is 5.21. The fraction of sp³-hybridized carbons (Fsp3) is 0.143. The number of hydrogen-bond acceptors (Lipinski definition) is 4. The first-order chi connectivity index (χ1) is 6.24. The minimum Gasteiger partial charge on any atom is -0.409 e. The molecule has 3 N–H and O–H groups in total. The van der Waals surface area contributed by atoms with Crippen molar-refractivity contribution >= 4 is 33.5 Å². The van der Waals surface area contributed by atoms with Crippen molar-refractivity contribution in [2.75, 3.05) is 5.75 Å². The molecule has 0 fully saturated rings. The summed E-state index contributed by atoms with van der Waals surface area (Å²) < 4.78 is 0.908. The number of nitrogens with zero attached hydrogens (tertiary/aromatic N) is 2. The average Bonchev–Trinajstić information content (AvgIpc) is 2.16. The van der Waals surface area contributed by atoms with Gasteiger partial charge in [-0.3, -0.25) is 0 Å². The molecule has 0 amide bonds. The van der Waals surface area contributed by atoms with Crippen molar-refractivity contribution in [1.82, 2.24) is 4.98 Å². The number of oxime groups is 1. The third kappa shape index (κ3) is 3.23. The van der Waals surface area contributed by atoms with Crippen LogP contribution in [0.25, 0.3) is 0 Å². The maximum absolute atomic E-state index is 8.30. The Morgan fingerprint density at radius 3 is 3.15 bits per heavy atom. The summed E-state index contributed by atoms with van der Waals surface area (Å²) in [6.07, 6.45) is 1.69. The van der Waals surface area contributed by atoms with E-state index in [1.807, 2.05) is 12.1 Å². The van der Waals surface area contributed by atoms with Gasteiger partial charge in [0.15, 0.2) is 0 Å². The summed E-state index contributed by atoms with van der Waals surface area (Å²) in [6, 6.07) is 3.72. The molecule has 1 aromatic heterocycles. The lowest BCUT2D eigenvalue weighted by Crippen LogP contribution is -2.14. The molecule has 1 aromatic rings. The number of hydrogen-bond donors (Lipinski definition) is 2. The van der Waals surface area contributed by atoms with Gasteiger partial charge in [0.1, 0.15) is 10.9 Å². The van der Waals surface area contributed by atoms with E-state index >= 15 is 0 Å². The van der Waals surface area contributed by atoms with Crippen molar-refractivity contribution < 1.29 is 5.21 Å². The molecule has 0 aliphatic heterocycles. The van der Waals surface area contributed by atoms with Crippen LogP contribution in [0.4, 0.5) is 0 Å². The third-order valence-corrected chi connectivity index (χ3v) is 3.15. The second-order valence-electron chi connectivity index (χ2n) is 2.17. The lowest BCUT2D eigenvalue weighted by molar-refractivity contribution is 0.318. The van der Waals surface area contributed by atoms with E-state index < -0.39 is 0 Å². The van der Waals surface area contributed by atoms with Crippen molar-refractivity contribution in [2.45, 2.75) is 5.03 Å². The first-order valence-electron chi connectivity index (χ1n) is 3.43. The fourth-order valence-corrected chi connectivity index (χ4v) is 1.93. The van der Waals surface area contributed by atoms with Crippen LogP contribution in [0.3, 0.4) is 0 Å². The van der Waals surface area contributed by atoms with E-state index in [2.05, 4.69) is 26.1 Å². The summed E-state index contributed by atoms with van der Waals surface area (Å²) >= 11 is 4.75. The Morgan fingerprint density at radius 1 is 1.77 bits per heavy atom. The van der Waals surface area contributed by atoms with E-state index in [9.17, 15) is 0 Å². The van der Waals surface area contributed by atoms with Crippen LogP contribution in [0.2, 0.25) is 0 Å². The molecule has 0 aliphatic carbocycles. The van der Waals surface area contributed by atoms with Crippen LogP contribution in [0, 0.1) is 0 Å². The number of halogens is 1. The van der Waals surface area contributed by atoms with Gasteiger partial charge in [-0.2, -0.15) is 0 Å². The Kier molecular flexibility index (Phi) is 4.04. The molecule has 1 rings (SSSR count). The zero-order chi connectivity index (χ0) is 9.68. The molecule has 70 valence electrons. The standard InChI is InChI=1S/C7H8BrN3OS/c8-5-2-1-3-10-7(5)13-4-6(9)11-12/h1-3,12H,4H2,(H2,9,11). The summed E-state index contributed by atoms with van der Waals surface area (Å²) in [5.74, 6) is 0.606. The molecule has 4 nitrogen and oxygen atoms in total. The van der Waals surface area contributed by atoms with Crippen LogP contribution in [0.1, 0.15) is 0 Å². The third-order valence-electron chi connectivity index (χ3n) is 1.21. The van der Waals surface area contributed by atoms with Crippen molar-refractivity contribution in [3.63, 3.8) is 0 Å². The van der Waals surface area contributed by atoms with Gasteiger partial charge in [-0.25, -0.2) is 4.98 Å². The number of pyridine rings is 1. The van der Waals surface area contributed by atoms with Crippen LogP contribution in [-0.2, 0) is 0 Å². The Labute approximate surface area is 88.4 Å². The molecule has 0 aliphatic rings. The van der Waals surface area contributed by atoms with Crippen LogP contribution in [0.5, 0.6) is 0 Å². The lowest BCUT2D eigenvalue weighted by Gasteiger charge is -2.00. The maximum atomic E-state index is 8.30. The Balaban J connectivity index is 2.60. The second-order valence-corrected chi connectivity index (χ2v) is 3.99. The number of nitrogens with two attached hydrogens (primary N) is 1. The lowest BCUT2D eigenvalue weighted by atomic mass is 10.5. The van der Waals surface area contributed by atoms with Crippen molar-refractivity contribution in [1.29, 1.82) is 0 Å². The molecular weight excluding hydrogens is 254 g/mol. The highest BCUT2D eigenvalue weighted by molar-refractivity contribution is 9.10. The number of amidine groups is 1.